The molecule has 0 saturated heterocycles. The predicted molar refractivity (Wildman–Crippen MR) is 246 cm³/mol. The van der Waals surface area contributed by atoms with Gasteiger partial charge in [0, 0.05) is 37.6 Å². The number of para-hydroxylation sites is 1. The van der Waals surface area contributed by atoms with Crippen molar-refractivity contribution < 1.29 is 18.6 Å². The van der Waals surface area contributed by atoms with E-state index >= 15 is 0 Å². The second-order valence-corrected chi connectivity index (χ2v) is 13.8. The van der Waals surface area contributed by atoms with Crippen LogP contribution in [-0.4, -0.2) is 22.3 Å². The fourth-order valence-electron chi connectivity index (χ4n) is 7.47. The molecule has 58 heavy (non-hydrogen) atoms. The van der Waals surface area contributed by atoms with E-state index in [0.717, 1.165) is 38.3 Å². The SMILES string of the molecule is C=C/C=c1/[nH]c2cc3c(cc2c1=C)cc1c2ccccc2c2ccccc2n31.C[N-]c1cccc(-c2ccccc2)c1.[N-]=C(N)c1cccc(-c2ccccc2)c1.[V+2]. The summed E-state index contributed by atoms with van der Waals surface area (Å²) in [5.41, 5.74) is 16.4. The van der Waals surface area contributed by atoms with Crippen LogP contribution >= 0.6 is 0 Å². The standard InChI is InChI=1S/C26H18N2.C13H11N2.C13H12N.V/c1-3-8-22-16(2)21-13-17-14-26-20-11-5-4-9-18(20)19-10-6-7-12-24(19)28(26)25(17)15-23(21)27-22;14-13(15)12-8-4-7-11(9-12)10-5-2-1-3-6-10;1-14-13-9-5-8-12(10-13)11-6-3-2-4-7-11;/h3-15,27H,1-2H2;1-9H,(H2-,14,15);2-10H,1H3;/q;2*-1;+2/b22-8+;;;. The number of nitrogens with two attached hydrogens (primary N) is 1. The Bertz CT molecular complexity index is 3180. The summed E-state index contributed by atoms with van der Waals surface area (Å²) in [6.07, 6.45) is 3.77. The van der Waals surface area contributed by atoms with Gasteiger partial charge >= 0.3 is 18.6 Å². The molecule has 0 bridgehead atoms. The van der Waals surface area contributed by atoms with E-state index in [1.807, 2.05) is 92.0 Å². The molecule has 0 atom stereocenters. The van der Waals surface area contributed by atoms with Gasteiger partial charge in [-0.15, -0.1) is 12.7 Å². The van der Waals surface area contributed by atoms with Crippen molar-refractivity contribution in [3.63, 3.8) is 0 Å². The molecule has 0 aliphatic carbocycles. The van der Waals surface area contributed by atoms with Gasteiger partial charge in [0.1, 0.15) is 0 Å². The second kappa shape index (κ2) is 17.4. The number of H-pyrrole nitrogens is 1. The van der Waals surface area contributed by atoms with Crippen LogP contribution in [0, 0.1) is 0 Å². The molecule has 0 aliphatic rings. The van der Waals surface area contributed by atoms with Crippen LogP contribution in [0.5, 0.6) is 0 Å². The number of allylic oxidation sites excluding steroid dienone is 1. The van der Waals surface area contributed by atoms with Crippen LogP contribution in [0.1, 0.15) is 5.56 Å². The van der Waals surface area contributed by atoms with Gasteiger partial charge in [0.15, 0.2) is 0 Å². The van der Waals surface area contributed by atoms with Gasteiger partial charge in [0.05, 0.1) is 16.6 Å². The van der Waals surface area contributed by atoms with Crippen molar-refractivity contribution in [1.82, 2.24) is 9.38 Å². The van der Waals surface area contributed by atoms with Gasteiger partial charge in [-0.05, 0) is 69.6 Å². The van der Waals surface area contributed by atoms with Crippen LogP contribution in [0.25, 0.3) is 94.6 Å². The summed E-state index contributed by atoms with van der Waals surface area (Å²) < 4.78 is 2.38. The van der Waals surface area contributed by atoms with E-state index in [0.29, 0.717) is 5.56 Å². The maximum atomic E-state index is 9.19. The van der Waals surface area contributed by atoms with Crippen molar-refractivity contribution in [1.29, 1.82) is 0 Å². The molecule has 0 aliphatic heterocycles. The van der Waals surface area contributed by atoms with Crippen molar-refractivity contribution in [2.45, 2.75) is 0 Å². The number of hydrogen-bond donors (Lipinski definition) is 2. The van der Waals surface area contributed by atoms with Crippen LogP contribution in [-0.2, 0) is 18.6 Å². The summed E-state index contributed by atoms with van der Waals surface area (Å²) >= 11 is 0. The van der Waals surface area contributed by atoms with E-state index in [-0.39, 0.29) is 24.4 Å². The van der Waals surface area contributed by atoms with Crippen LogP contribution in [0.2, 0.25) is 0 Å². The molecule has 0 saturated carbocycles. The monoisotopic (exact) mass is 786 g/mol. The minimum atomic E-state index is -0.146. The topological polar surface area (TPSA) is 82.6 Å². The molecule has 5 nitrogen and oxygen atoms in total. The number of rotatable bonds is 5. The smallest absolute Gasteiger partial charge is 0.687 e. The molecule has 3 heterocycles. The summed E-state index contributed by atoms with van der Waals surface area (Å²) in [6.45, 7) is 8.08. The third-order valence-corrected chi connectivity index (χ3v) is 10.3. The molecule has 3 N–H and O–H groups in total. The first-order valence-electron chi connectivity index (χ1n) is 18.8. The van der Waals surface area contributed by atoms with Crippen LogP contribution < -0.4 is 16.3 Å². The Hall–Kier alpha value is -7.05. The Morgan fingerprint density at radius 2 is 1.17 bits per heavy atom. The quantitative estimate of drug-likeness (QED) is 0.102. The number of fused-ring (bicyclic) bond motifs is 9. The molecular weight excluding hydrogens is 746 g/mol. The summed E-state index contributed by atoms with van der Waals surface area (Å²) in [4.78, 5) is 3.49. The van der Waals surface area contributed by atoms with Gasteiger partial charge in [-0.1, -0.05) is 171 Å². The Morgan fingerprint density at radius 1 is 0.603 bits per heavy atom. The Labute approximate surface area is 349 Å². The zero-order chi connectivity index (χ0) is 39.3. The van der Waals surface area contributed by atoms with Gasteiger partial charge in [-0.25, -0.2) is 0 Å². The van der Waals surface area contributed by atoms with Crippen molar-refractivity contribution in [2.75, 3.05) is 7.05 Å². The molecule has 1 radical (unpaired) electrons. The van der Waals surface area contributed by atoms with Crippen molar-refractivity contribution in [3.05, 3.63) is 215 Å². The molecule has 279 valence electrons. The maximum absolute atomic E-state index is 9.19. The van der Waals surface area contributed by atoms with Crippen LogP contribution in [0.3, 0.4) is 0 Å². The number of benzene rings is 7. The Morgan fingerprint density at radius 3 is 1.81 bits per heavy atom. The summed E-state index contributed by atoms with van der Waals surface area (Å²) in [7, 11) is 1.81. The molecule has 10 aromatic rings. The summed E-state index contributed by atoms with van der Waals surface area (Å²) in [5.74, 6) is -0.146. The minimum absolute atomic E-state index is 0. The van der Waals surface area contributed by atoms with E-state index in [9.17, 15) is 5.41 Å². The fraction of sp³-hybridized carbons (Fsp3) is 0.0192. The second-order valence-electron chi connectivity index (χ2n) is 13.8. The van der Waals surface area contributed by atoms with Gasteiger partial charge < -0.3 is 25.8 Å². The third kappa shape index (κ3) is 7.82. The number of aromatic amines is 1. The third-order valence-electron chi connectivity index (χ3n) is 10.3. The number of amidine groups is 1. The normalized spacial score (nSPS) is 11.1. The first-order chi connectivity index (χ1) is 27.9. The Balaban J connectivity index is 0.000000145. The largest absolute Gasteiger partial charge is 2.00 e. The first kappa shape index (κ1) is 39.2. The van der Waals surface area contributed by atoms with E-state index in [4.69, 9.17) is 5.73 Å². The van der Waals surface area contributed by atoms with Gasteiger partial charge in [0.25, 0.3) is 0 Å². The molecular formula is C52H41N5V. The molecule has 7 aromatic carbocycles. The van der Waals surface area contributed by atoms with Gasteiger partial charge in [-0.3, -0.25) is 0 Å². The summed E-state index contributed by atoms with van der Waals surface area (Å²) in [5, 5.41) is 21.6. The van der Waals surface area contributed by atoms with Crippen molar-refractivity contribution >= 4 is 73.2 Å². The van der Waals surface area contributed by atoms with Crippen LogP contribution in [0.15, 0.2) is 189 Å². The minimum Gasteiger partial charge on any atom is -0.687 e. The summed E-state index contributed by atoms with van der Waals surface area (Å²) in [6, 6.07) is 60.1. The van der Waals surface area contributed by atoms with E-state index < -0.39 is 0 Å². The number of pyridine rings is 1. The van der Waals surface area contributed by atoms with Crippen molar-refractivity contribution in [2.24, 2.45) is 5.73 Å². The number of hydrogen-bond acceptors (Lipinski definition) is 0. The molecule has 0 amide bonds. The molecule has 0 unspecified atom stereocenters. The first-order valence-corrected chi connectivity index (χ1v) is 18.8. The fourth-order valence-corrected chi connectivity index (χ4v) is 7.47. The van der Waals surface area contributed by atoms with Crippen LogP contribution in [0.4, 0.5) is 5.69 Å². The molecule has 10 rings (SSSR count). The number of nitrogens with zero attached hydrogens (tertiary/aromatic N) is 3. The van der Waals surface area contributed by atoms with E-state index in [2.05, 4.69) is 119 Å². The molecule has 3 aromatic heterocycles. The van der Waals surface area contributed by atoms with E-state index in [1.54, 1.807) is 12.1 Å². The number of aromatic nitrogens is 2. The van der Waals surface area contributed by atoms with Crippen molar-refractivity contribution in [3.8, 4) is 22.3 Å². The maximum Gasteiger partial charge on any atom is 2.00 e. The molecule has 0 fully saturated rings. The molecule has 0 spiro atoms. The van der Waals surface area contributed by atoms with Gasteiger partial charge in [0.2, 0.25) is 0 Å². The average molecular weight is 787 g/mol. The zero-order valence-corrected chi connectivity index (χ0v) is 33.6. The predicted octanol–water partition coefficient (Wildman–Crippen LogP) is 11.9. The van der Waals surface area contributed by atoms with Gasteiger partial charge in [-0.2, -0.15) is 0 Å². The van der Waals surface area contributed by atoms with E-state index in [1.165, 1.54) is 49.2 Å². The zero-order valence-electron chi connectivity index (χ0n) is 32.2. The Kier molecular flexibility index (Phi) is 11.8. The number of nitrogens with one attached hydrogen (secondary N) is 1. The average Bonchev–Trinajstić information content (AvgIpc) is 3.80. The molecule has 6 heteroatoms.